The molecule has 7 nitrogen and oxygen atoms in total. The third-order valence-corrected chi connectivity index (χ3v) is 7.67. The predicted octanol–water partition coefficient (Wildman–Crippen LogP) is 3.31. The summed E-state index contributed by atoms with van der Waals surface area (Å²) in [6, 6.07) is 13.7. The average molecular weight is 497 g/mol. The zero-order valence-corrected chi connectivity index (χ0v) is 20.8. The van der Waals surface area contributed by atoms with Crippen molar-refractivity contribution >= 4 is 29.3 Å². The van der Waals surface area contributed by atoms with E-state index in [1.54, 1.807) is 24.3 Å². The quantitative estimate of drug-likeness (QED) is 0.641. The van der Waals surface area contributed by atoms with Crippen molar-refractivity contribution in [3.05, 3.63) is 70.2 Å². The van der Waals surface area contributed by atoms with Crippen molar-refractivity contribution in [2.24, 2.45) is 11.7 Å². The molecule has 2 aliphatic rings. The Morgan fingerprint density at radius 3 is 2.34 bits per heavy atom. The van der Waals surface area contributed by atoms with Crippen LogP contribution < -0.4 is 11.1 Å². The average Bonchev–Trinajstić information content (AvgIpc) is 2.88. The Hall–Kier alpha value is -2.90. The fraction of sp³-hybridized carbons (Fsp3) is 0.444. The number of nitrogens with one attached hydrogen (secondary N) is 1. The Labute approximate surface area is 211 Å². The third kappa shape index (κ3) is 5.85. The summed E-state index contributed by atoms with van der Waals surface area (Å²) in [7, 11) is 0. The molecule has 2 aromatic rings. The molecule has 186 valence electrons. The van der Waals surface area contributed by atoms with Gasteiger partial charge in [0.1, 0.15) is 6.04 Å². The largest absolute Gasteiger partial charge is 0.368 e. The van der Waals surface area contributed by atoms with Crippen LogP contribution in [0.2, 0.25) is 5.02 Å². The van der Waals surface area contributed by atoms with Crippen LogP contribution in [0.3, 0.4) is 0 Å². The second-order valence-corrected chi connectivity index (χ2v) is 9.91. The molecule has 0 unspecified atom stereocenters. The van der Waals surface area contributed by atoms with E-state index in [0.29, 0.717) is 42.3 Å². The lowest BCUT2D eigenvalue weighted by molar-refractivity contribution is -0.133. The molecule has 1 saturated heterocycles. The normalized spacial score (nSPS) is 21.8. The van der Waals surface area contributed by atoms with Crippen LogP contribution >= 0.6 is 11.6 Å². The summed E-state index contributed by atoms with van der Waals surface area (Å²) in [6.07, 6.45) is 3.75. The fourth-order valence-corrected chi connectivity index (χ4v) is 5.40. The number of amides is 3. The second-order valence-electron chi connectivity index (χ2n) is 9.51. The van der Waals surface area contributed by atoms with Gasteiger partial charge in [0.2, 0.25) is 11.8 Å². The van der Waals surface area contributed by atoms with Gasteiger partial charge in [-0.1, -0.05) is 54.8 Å². The molecule has 3 amide bonds. The van der Waals surface area contributed by atoms with Crippen LogP contribution in [0.1, 0.15) is 53.2 Å². The van der Waals surface area contributed by atoms with E-state index < -0.39 is 11.9 Å². The first-order valence-electron chi connectivity index (χ1n) is 12.3. The maximum atomic E-state index is 13.3. The molecular weight excluding hydrogens is 464 g/mol. The summed E-state index contributed by atoms with van der Waals surface area (Å²) in [6.45, 7) is 4.54. The van der Waals surface area contributed by atoms with E-state index >= 15 is 0 Å². The van der Waals surface area contributed by atoms with E-state index in [0.717, 1.165) is 31.2 Å². The Morgan fingerprint density at radius 1 is 1.00 bits per heavy atom. The number of primary amides is 1. The predicted molar refractivity (Wildman–Crippen MR) is 136 cm³/mol. The molecule has 0 radical (unpaired) electrons. The van der Waals surface area contributed by atoms with Crippen molar-refractivity contribution in [3.63, 3.8) is 0 Å². The molecule has 4 rings (SSSR count). The number of benzene rings is 2. The molecule has 2 aromatic carbocycles. The van der Waals surface area contributed by atoms with Gasteiger partial charge >= 0.3 is 0 Å². The van der Waals surface area contributed by atoms with Gasteiger partial charge in [0.15, 0.2) is 0 Å². The monoisotopic (exact) mass is 496 g/mol. The van der Waals surface area contributed by atoms with Crippen molar-refractivity contribution in [2.45, 2.75) is 44.7 Å². The molecule has 1 aliphatic heterocycles. The summed E-state index contributed by atoms with van der Waals surface area (Å²) in [4.78, 5) is 42.6. The number of nitrogens with zero attached hydrogens (tertiary/aromatic N) is 2. The van der Waals surface area contributed by atoms with Crippen LogP contribution in [0, 0.1) is 12.8 Å². The maximum Gasteiger partial charge on any atom is 0.253 e. The van der Waals surface area contributed by atoms with Crippen LogP contribution in [0.15, 0.2) is 48.5 Å². The first-order chi connectivity index (χ1) is 16.8. The van der Waals surface area contributed by atoms with Gasteiger partial charge < -0.3 is 16.0 Å². The lowest BCUT2D eigenvalue weighted by atomic mass is 9.82. The van der Waals surface area contributed by atoms with E-state index in [2.05, 4.69) is 10.2 Å². The van der Waals surface area contributed by atoms with Gasteiger partial charge in [-0.25, -0.2) is 0 Å². The maximum absolute atomic E-state index is 13.3. The first-order valence-corrected chi connectivity index (χ1v) is 12.7. The van der Waals surface area contributed by atoms with Crippen molar-refractivity contribution in [3.8, 4) is 0 Å². The lowest BCUT2D eigenvalue weighted by Crippen LogP contribution is -2.56. The number of nitrogens with two attached hydrogens (primary N) is 1. The smallest absolute Gasteiger partial charge is 0.253 e. The highest BCUT2D eigenvalue weighted by Crippen LogP contribution is 2.30. The lowest BCUT2D eigenvalue weighted by Gasteiger charge is -2.44. The van der Waals surface area contributed by atoms with E-state index in [1.807, 2.05) is 36.1 Å². The van der Waals surface area contributed by atoms with E-state index in [4.69, 9.17) is 17.3 Å². The summed E-state index contributed by atoms with van der Waals surface area (Å²) in [5.41, 5.74) is 7.84. The van der Waals surface area contributed by atoms with Crippen molar-refractivity contribution in [1.29, 1.82) is 0 Å². The molecule has 1 heterocycles. The van der Waals surface area contributed by atoms with Gasteiger partial charge in [0, 0.05) is 42.8 Å². The van der Waals surface area contributed by atoms with E-state index in [-0.39, 0.29) is 23.8 Å². The number of hydrogen-bond acceptors (Lipinski definition) is 4. The van der Waals surface area contributed by atoms with E-state index in [1.165, 1.54) is 0 Å². The topological polar surface area (TPSA) is 95.7 Å². The number of carbonyl (C=O) groups is 3. The Kier molecular flexibility index (Phi) is 8.08. The first kappa shape index (κ1) is 25.2. The van der Waals surface area contributed by atoms with Crippen LogP contribution in [-0.4, -0.2) is 59.7 Å². The van der Waals surface area contributed by atoms with Crippen LogP contribution in [0.4, 0.5) is 0 Å². The molecule has 0 bridgehead atoms. The van der Waals surface area contributed by atoms with Crippen molar-refractivity contribution in [2.75, 3.05) is 26.2 Å². The van der Waals surface area contributed by atoms with E-state index in [9.17, 15) is 14.4 Å². The van der Waals surface area contributed by atoms with Gasteiger partial charge in [-0.05, 0) is 49.1 Å². The van der Waals surface area contributed by atoms with Crippen LogP contribution in [-0.2, 0) is 9.59 Å². The number of halogens is 1. The summed E-state index contributed by atoms with van der Waals surface area (Å²) in [5, 5.41) is 3.57. The number of carbonyl (C=O) groups excluding carboxylic acids is 3. The molecule has 1 aliphatic carbocycles. The number of hydrogen-bond donors (Lipinski definition) is 2. The Balaban J connectivity index is 1.40. The summed E-state index contributed by atoms with van der Waals surface area (Å²) < 4.78 is 0. The molecule has 0 aromatic heterocycles. The van der Waals surface area contributed by atoms with Crippen LogP contribution in [0.25, 0.3) is 0 Å². The molecule has 3 N–H and O–H groups in total. The highest BCUT2D eigenvalue weighted by molar-refractivity contribution is 6.31. The number of rotatable bonds is 6. The molecule has 3 atom stereocenters. The SMILES string of the molecule is Cc1cc(C(=O)N2CCN([C@@H]3CCCC[C@H]3C(=O)N[C@H](C(N)=O)c3ccccc3)CC2)ccc1Cl. The van der Waals surface area contributed by atoms with Crippen molar-refractivity contribution < 1.29 is 14.4 Å². The summed E-state index contributed by atoms with van der Waals surface area (Å²) >= 11 is 6.11. The Bertz CT molecular complexity index is 1070. The molecule has 0 spiro atoms. The minimum Gasteiger partial charge on any atom is -0.368 e. The third-order valence-electron chi connectivity index (χ3n) is 7.25. The minimum absolute atomic E-state index is 0.00881. The number of piperazine rings is 1. The molecule has 35 heavy (non-hydrogen) atoms. The van der Waals surface area contributed by atoms with Crippen LogP contribution in [0.5, 0.6) is 0 Å². The Morgan fingerprint density at radius 2 is 1.69 bits per heavy atom. The zero-order chi connectivity index (χ0) is 24.9. The molecule has 8 heteroatoms. The highest BCUT2D eigenvalue weighted by atomic mass is 35.5. The molecule has 1 saturated carbocycles. The van der Waals surface area contributed by atoms with Gasteiger partial charge in [0.25, 0.3) is 5.91 Å². The van der Waals surface area contributed by atoms with Crippen molar-refractivity contribution in [1.82, 2.24) is 15.1 Å². The van der Waals surface area contributed by atoms with Gasteiger partial charge in [-0.3, -0.25) is 19.3 Å². The molecule has 2 fully saturated rings. The van der Waals surface area contributed by atoms with Gasteiger partial charge in [-0.15, -0.1) is 0 Å². The second kappa shape index (κ2) is 11.2. The highest BCUT2D eigenvalue weighted by Gasteiger charge is 2.38. The minimum atomic E-state index is -0.844. The zero-order valence-electron chi connectivity index (χ0n) is 20.1. The standard InChI is InChI=1S/C27H33ClN4O3/c1-18-17-20(11-12-22(18)28)27(35)32-15-13-31(14-16-32)23-10-6-5-9-21(23)26(34)30-24(25(29)33)19-7-3-2-4-8-19/h2-4,7-8,11-12,17,21,23-24H,5-6,9-10,13-16H2,1H3,(H2,29,33)(H,30,34)/t21-,23-,24+/m1/s1. The van der Waals surface area contributed by atoms with Gasteiger partial charge in [-0.2, -0.15) is 0 Å². The molecular formula is C27H33ClN4O3. The number of aryl methyl sites for hydroxylation is 1. The van der Waals surface area contributed by atoms with Gasteiger partial charge in [0.05, 0.1) is 5.92 Å². The fourth-order valence-electron chi connectivity index (χ4n) is 5.28. The summed E-state index contributed by atoms with van der Waals surface area (Å²) in [5.74, 6) is -0.899.